The van der Waals surface area contributed by atoms with Crippen LogP contribution >= 0.6 is 11.3 Å². The number of carbonyl (C=O) groups is 1. The average Bonchev–Trinajstić information content (AvgIpc) is 3.19. The van der Waals surface area contributed by atoms with Crippen LogP contribution in [0, 0.1) is 0 Å². The van der Waals surface area contributed by atoms with Gasteiger partial charge < -0.3 is 33.7 Å². The van der Waals surface area contributed by atoms with Gasteiger partial charge in [0.05, 0.1) is 45.3 Å². The molecule has 0 unspecified atom stereocenters. The predicted octanol–water partition coefficient (Wildman–Crippen LogP) is 1.48. The van der Waals surface area contributed by atoms with Crippen LogP contribution in [0.1, 0.15) is 4.88 Å². The van der Waals surface area contributed by atoms with Crippen LogP contribution in [0.25, 0.3) is 10.1 Å². The molecule has 0 spiro atoms. The second-order valence-corrected chi connectivity index (χ2v) is 8.54. The minimum atomic E-state index is -1.16. The molecule has 3 aromatic carbocycles. The van der Waals surface area contributed by atoms with Crippen molar-refractivity contribution >= 4 is 33.1 Å². The van der Waals surface area contributed by atoms with Gasteiger partial charge in [-0.1, -0.05) is 18.2 Å². The first-order valence-electron chi connectivity index (χ1n) is 10.5. The minimum absolute atomic E-state index is 0. The maximum Gasteiger partial charge on any atom is 1.00 e. The molecular formula is C26H24NNaO6S. The van der Waals surface area contributed by atoms with Gasteiger partial charge in [-0.25, -0.2) is 0 Å². The zero-order chi connectivity index (χ0) is 24.1. The summed E-state index contributed by atoms with van der Waals surface area (Å²) in [7, 11) is 4.78. The number of benzene rings is 3. The number of anilines is 1. The largest absolute Gasteiger partial charge is 1.00 e. The maximum absolute atomic E-state index is 11.5. The minimum Gasteiger partial charge on any atom is -0.548 e. The standard InChI is InChI=1S/C26H25NO6S.Na/c1-30-18-9-11-19(12-10-18)33-26-20-13-21(31-2)22(32-3)14-23(20)34-24(26)15-27(16-25(28)29)17-7-5-4-6-8-17;/h4-14H,15-16H2,1-3H3,(H,28,29);/q;+1/p-1. The molecule has 0 saturated carbocycles. The van der Waals surface area contributed by atoms with Crippen molar-refractivity contribution in [1.29, 1.82) is 0 Å². The van der Waals surface area contributed by atoms with Gasteiger partial charge in [0.15, 0.2) is 17.2 Å². The Morgan fingerprint density at radius 2 is 1.51 bits per heavy atom. The van der Waals surface area contributed by atoms with Crippen LogP contribution in [0.15, 0.2) is 66.7 Å². The second kappa shape index (κ2) is 12.2. The number of methoxy groups -OCH3 is 3. The van der Waals surface area contributed by atoms with Crippen LogP contribution < -0.4 is 58.5 Å². The van der Waals surface area contributed by atoms with E-state index in [1.54, 1.807) is 26.2 Å². The summed E-state index contributed by atoms with van der Waals surface area (Å²) in [6.45, 7) is 0.0559. The van der Waals surface area contributed by atoms with Gasteiger partial charge >= 0.3 is 29.6 Å². The molecule has 0 atom stereocenters. The number of para-hydroxylation sites is 1. The maximum atomic E-state index is 11.5. The van der Waals surface area contributed by atoms with Crippen LogP contribution in [0.5, 0.6) is 28.7 Å². The van der Waals surface area contributed by atoms with Crippen molar-refractivity contribution < 1.29 is 58.4 Å². The van der Waals surface area contributed by atoms with Crippen molar-refractivity contribution in [2.75, 3.05) is 32.8 Å². The van der Waals surface area contributed by atoms with E-state index in [2.05, 4.69) is 0 Å². The Hall–Kier alpha value is -2.91. The summed E-state index contributed by atoms with van der Waals surface area (Å²) in [5.74, 6) is 2.00. The quantitative estimate of drug-likeness (QED) is 0.305. The van der Waals surface area contributed by atoms with E-state index in [9.17, 15) is 9.90 Å². The van der Waals surface area contributed by atoms with Gasteiger partial charge in [0.2, 0.25) is 0 Å². The van der Waals surface area contributed by atoms with Gasteiger partial charge in [0.25, 0.3) is 0 Å². The van der Waals surface area contributed by atoms with Crippen LogP contribution in [0.2, 0.25) is 0 Å². The van der Waals surface area contributed by atoms with Crippen molar-refractivity contribution in [1.82, 2.24) is 0 Å². The van der Waals surface area contributed by atoms with Crippen LogP contribution in [0.4, 0.5) is 5.69 Å². The van der Waals surface area contributed by atoms with Crippen molar-refractivity contribution in [3.05, 3.63) is 71.6 Å². The summed E-state index contributed by atoms with van der Waals surface area (Å²) >= 11 is 1.51. The molecule has 0 radical (unpaired) electrons. The second-order valence-electron chi connectivity index (χ2n) is 7.40. The monoisotopic (exact) mass is 501 g/mol. The number of nitrogens with zero attached hydrogens (tertiary/aromatic N) is 1. The number of ether oxygens (including phenoxy) is 4. The molecule has 0 aliphatic carbocycles. The van der Waals surface area contributed by atoms with Crippen LogP contribution in [-0.4, -0.2) is 33.8 Å². The van der Waals surface area contributed by atoms with Crippen molar-refractivity contribution in [3.8, 4) is 28.7 Å². The molecule has 9 heteroatoms. The number of hydrogen-bond acceptors (Lipinski definition) is 8. The Balaban J connectivity index is 0.00000342. The molecule has 0 N–H and O–H groups in total. The van der Waals surface area contributed by atoms with E-state index >= 15 is 0 Å². The van der Waals surface area contributed by atoms with E-state index in [0.29, 0.717) is 29.5 Å². The molecule has 7 nitrogen and oxygen atoms in total. The fourth-order valence-electron chi connectivity index (χ4n) is 3.64. The Bertz CT molecular complexity index is 1280. The molecular weight excluding hydrogens is 477 g/mol. The fraction of sp³-hybridized carbons (Fsp3) is 0.192. The van der Waals surface area contributed by atoms with E-state index in [4.69, 9.17) is 18.9 Å². The van der Waals surface area contributed by atoms with Gasteiger partial charge in [-0.15, -0.1) is 11.3 Å². The summed E-state index contributed by atoms with van der Waals surface area (Å²) in [5.41, 5.74) is 0.773. The van der Waals surface area contributed by atoms with Gasteiger partial charge in [-0.2, -0.15) is 0 Å². The van der Waals surface area contributed by atoms with Crippen molar-refractivity contribution in [2.45, 2.75) is 6.54 Å². The number of thiophene rings is 1. The number of aliphatic carboxylic acids is 1. The molecule has 35 heavy (non-hydrogen) atoms. The first-order valence-corrected chi connectivity index (χ1v) is 11.3. The number of hydrogen-bond donors (Lipinski definition) is 0. The van der Waals surface area contributed by atoms with Crippen LogP contribution in [-0.2, 0) is 11.3 Å². The third-order valence-corrected chi connectivity index (χ3v) is 6.39. The molecule has 0 saturated heterocycles. The zero-order valence-electron chi connectivity index (χ0n) is 20.1. The van der Waals surface area contributed by atoms with E-state index in [1.165, 1.54) is 11.3 Å². The molecule has 4 aromatic rings. The first-order chi connectivity index (χ1) is 16.5. The molecule has 1 aromatic heterocycles. The molecule has 0 bridgehead atoms. The predicted molar refractivity (Wildman–Crippen MR) is 130 cm³/mol. The average molecular weight is 502 g/mol. The van der Waals surface area contributed by atoms with Crippen molar-refractivity contribution in [2.24, 2.45) is 0 Å². The first kappa shape index (κ1) is 26.7. The molecule has 0 amide bonds. The Morgan fingerprint density at radius 3 is 2.11 bits per heavy atom. The van der Waals surface area contributed by atoms with Gasteiger partial charge in [0.1, 0.15) is 11.5 Å². The SMILES string of the molecule is COc1ccc(Oc2c(CN(CC(=O)[O-])c3ccccc3)sc3cc(OC)c(OC)cc23)cc1.[Na+]. The number of carbonyl (C=O) groups excluding carboxylic acids is 1. The summed E-state index contributed by atoms with van der Waals surface area (Å²) in [4.78, 5) is 14.1. The summed E-state index contributed by atoms with van der Waals surface area (Å²) in [6, 6.07) is 20.4. The van der Waals surface area contributed by atoms with Gasteiger partial charge in [-0.3, -0.25) is 0 Å². The number of rotatable bonds is 10. The summed E-state index contributed by atoms with van der Waals surface area (Å²) < 4.78 is 23.5. The Kier molecular flexibility index (Phi) is 9.28. The van der Waals surface area contributed by atoms with Crippen molar-refractivity contribution in [3.63, 3.8) is 0 Å². The molecule has 176 valence electrons. The normalized spacial score (nSPS) is 10.4. The zero-order valence-corrected chi connectivity index (χ0v) is 22.9. The summed E-state index contributed by atoms with van der Waals surface area (Å²) in [6.07, 6.45) is 0. The number of carboxylic acids is 1. The third kappa shape index (κ3) is 6.21. The molecule has 4 rings (SSSR count). The summed E-state index contributed by atoms with van der Waals surface area (Å²) in [5, 5.41) is 12.4. The number of carboxylic acid groups (broad SMARTS) is 1. The van der Waals surface area contributed by atoms with E-state index < -0.39 is 5.97 Å². The van der Waals surface area contributed by atoms with E-state index in [1.807, 2.05) is 66.7 Å². The molecule has 0 aliphatic rings. The molecule has 0 fully saturated rings. The Morgan fingerprint density at radius 1 is 0.886 bits per heavy atom. The number of fused-ring (bicyclic) bond motifs is 1. The Labute approximate surface area is 230 Å². The molecule has 1 heterocycles. The smallest absolute Gasteiger partial charge is 0.548 e. The third-order valence-electron chi connectivity index (χ3n) is 5.27. The van der Waals surface area contributed by atoms with Gasteiger partial charge in [0, 0.05) is 21.8 Å². The van der Waals surface area contributed by atoms with E-state index in [0.717, 1.165) is 26.4 Å². The van der Waals surface area contributed by atoms with E-state index in [-0.39, 0.29) is 36.1 Å². The van der Waals surface area contributed by atoms with Gasteiger partial charge in [-0.05, 0) is 42.5 Å². The fourth-order valence-corrected chi connectivity index (χ4v) is 4.79. The molecule has 0 aliphatic heterocycles. The van der Waals surface area contributed by atoms with Crippen LogP contribution in [0.3, 0.4) is 0 Å². The topological polar surface area (TPSA) is 80.3 Å².